The number of nitrogens with one attached hydrogen (secondary N) is 1. The van der Waals surface area contributed by atoms with Crippen LogP contribution in [0.4, 0.5) is 4.39 Å². The fraction of sp³-hybridized carbons (Fsp3) is 0.500. The summed E-state index contributed by atoms with van der Waals surface area (Å²) in [6.45, 7) is 1.03. The van der Waals surface area contributed by atoms with Crippen molar-refractivity contribution in [1.82, 2.24) is 9.62 Å². The minimum atomic E-state index is -3.19. The number of benzene rings is 1. The third-order valence-electron chi connectivity index (χ3n) is 2.58. The topological polar surface area (TPSA) is 69.6 Å². The molecule has 0 aliphatic rings. The average Bonchev–Trinajstić information content (AvgIpc) is 2.27. The van der Waals surface area contributed by atoms with Gasteiger partial charge in [-0.2, -0.15) is 0 Å². The van der Waals surface area contributed by atoms with Gasteiger partial charge >= 0.3 is 0 Å². The molecule has 0 saturated carbocycles. The Kier molecular flexibility index (Phi) is 5.86. The maximum Gasteiger partial charge on any atom is 0.208 e. The highest BCUT2D eigenvalue weighted by Gasteiger charge is 2.11. The second kappa shape index (κ2) is 6.95. The summed E-state index contributed by atoms with van der Waals surface area (Å²) >= 11 is 0. The molecule has 2 N–H and O–H groups in total. The molecule has 0 amide bonds. The van der Waals surface area contributed by atoms with Gasteiger partial charge in [-0.25, -0.2) is 17.5 Å². The Balaban J connectivity index is 2.42. The maximum absolute atomic E-state index is 13.0. The third kappa shape index (κ3) is 6.63. The molecule has 1 aromatic rings. The second-order valence-electron chi connectivity index (χ2n) is 4.50. The zero-order valence-corrected chi connectivity index (χ0v) is 11.8. The van der Waals surface area contributed by atoms with Crippen LogP contribution in [0.5, 0.6) is 0 Å². The van der Waals surface area contributed by atoms with Crippen LogP contribution in [0.25, 0.3) is 0 Å². The van der Waals surface area contributed by atoms with Crippen LogP contribution >= 0.6 is 0 Å². The fourth-order valence-electron chi connectivity index (χ4n) is 1.63. The molecule has 0 bridgehead atoms. The molecule has 19 heavy (non-hydrogen) atoms. The Bertz CT molecular complexity index is 507. The minimum absolute atomic E-state index is 0.269. The molecule has 0 aromatic heterocycles. The Morgan fingerprint density at radius 2 is 2.16 bits per heavy atom. The highest BCUT2D eigenvalue weighted by Crippen LogP contribution is 2.14. The summed E-state index contributed by atoms with van der Waals surface area (Å²) in [4.78, 5) is 1.77. The van der Waals surface area contributed by atoms with E-state index in [0.717, 1.165) is 6.26 Å². The smallest absolute Gasteiger partial charge is 0.208 e. The van der Waals surface area contributed by atoms with Crippen molar-refractivity contribution in [2.24, 2.45) is 0 Å². The Morgan fingerprint density at radius 1 is 1.47 bits per heavy atom. The van der Waals surface area contributed by atoms with E-state index in [4.69, 9.17) is 0 Å². The van der Waals surface area contributed by atoms with Crippen LogP contribution in [0.1, 0.15) is 11.7 Å². The van der Waals surface area contributed by atoms with E-state index in [1.54, 1.807) is 24.1 Å². The molecule has 0 aliphatic carbocycles. The number of sulfonamides is 1. The molecule has 0 spiro atoms. The number of rotatable bonds is 7. The molecule has 1 unspecified atom stereocenters. The lowest BCUT2D eigenvalue weighted by atomic mass is 10.1. The van der Waals surface area contributed by atoms with Gasteiger partial charge in [0.2, 0.25) is 10.0 Å². The van der Waals surface area contributed by atoms with Gasteiger partial charge < -0.3 is 10.0 Å². The number of aliphatic hydroxyl groups excluding tert-OH is 1. The predicted molar refractivity (Wildman–Crippen MR) is 71.7 cm³/mol. The lowest BCUT2D eigenvalue weighted by molar-refractivity contribution is 0.127. The Labute approximate surface area is 113 Å². The van der Waals surface area contributed by atoms with Crippen LogP contribution in [-0.2, 0) is 10.0 Å². The van der Waals surface area contributed by atoms with Gasteiger partial charge in [-0.1, -0.05) is 12.1 Å². The highest BCUT2D eigenvalue weighted by molar-refractivity contribution is 7.88. The van der Waals surface area contributed by atoms with E-state index in [2.05, 4.69) is 4.72 Å². The zero-order valence-electron chi connectivity index (χ0n) is 11.0. The Morgan fingerprint density at radius 3 is 2.74 bits per heavy atom. The van der Waals surface area contributed by atoms with Gasteiger partial charge in [0.15, 0.2) is 0 Å². The molecule has 0 aliphatic heterocycles. The average molecular weight is 290 g/mol. The van der Waals surface area contributed by atoms with Crippen LogP contribution < -0.4 is 4.72 Å². The summed E-state index contributed by atoms with van der Waals surface area (Å²) in [7, 11) is -1.44. The molecule has 0 heterocycles. The van der Waals surface area contributed by atoms with Crippen molar-refractivity contribution < 1.29 is 17.9 Å². The lowest BCUT2D eigenvalue weighted by Crippen LogP contribution is -2.34. The molecular weight excluding hydrogens is 271 g/mol. The van der Waals surface area contributed by atoms with E-state index in [1.165, 1.54) is 12.1 Å². The van der Waals surface area contributed by atoms with Crippen LogP contribution in [0.2, 0.25) is 0 Å². The largest absolute Gasteiger partial charge is 0.387 e. The highest BCUT2D eigenvalue weighted by atomic mass is 32.2. The number of nitrogens with zero attached hydrogens (tertiary/aromatic N) is 1. The minimum Gasteiger partial charge on any atom is -0.387 e. The summed E-state index contributed by atoms with van der Waals surface area (Å²) < 4.78 is 37.1. The molecule has 1 aromatic carbocycles. The molecule has 5 nitrogen and oxygen atoms in total. The standard InChI is InChI=1S/C12H19FN2O3S/c1-15(7-6-14-19(2,17)18)9-12(16)10-4-3-5-11(13)8-10/h3-5,8,12,14,16H,6-7,9H2,1-2H3. The van der Waals surface area contributed by atoms with Gasteiger partial charge in [-0.3, -0.25) is 0 Å². The number of hydrogen-bond acceptors (Lipinski definition) is 4. The van der Waals surface area contributed by atoms with E-state index in [9.17, 15) is 17.9 Å². The van der Waals surface area contributed by atoms with Crippen molar-refractivity contribution in [3.05, 3.63) is 35.6 Å². The van der Waals surface area contributed by atoms with Crippen molar-refractivity contribution in [1.29, 1.82) is 0 Å². The van der Waals surface area contributed by atoms with E-state index < -0.39 is 21.9 Å². The van der Waals surface area contributed by atoms with Gasteiger partial charge in [-0.15, -0.1) is 0 Å². The summed E-state index contributed by atoms with van der Waals surface area (Å²) in [5.41, 5.74) is 0.503. The van der Waals surface area contributed by atoms with Crippen molar-refractivity contribution in [2.75, 3.05) is 32.9 Å². The van der Waals surface area contributed by atoms with Gasteiger partial charge in [0.05, 0.1) is 12.4 Å². The SMILES string of the molecule is CN(CCNS(C)(=O)=O)CC(O)c1cccc(F)c1. The van der Waals surface area contributed by atoms with E-state index in [1.807, 2.05) is 0 Å². The van der Waals surface area contributed by atoms with Crippen molar-refractivity contribution >= 4 is 10.0 Å². The fourth-order valence-corrected chi connectivity index (χ4v) is 2.09. The first-order valence-electron chi connectivity index (χ1n) is 5.84. The van der Waals surface area contributed by atoms with Crippen LogP contribution in [0.3, 0.4) is 0 Å². The Hall–Kier alpha value is -1.02. The first kappa shape index (κ1) is 16.0. The van der Waals surface area contributed by atoms with Crippen LogP contribution in [-0.4, -0.2) is 51.4 Å². The van der Waals surface area contributed by atoms with Gasteiger partial charge in [0.25, 0.3) is 0 Å². The summed E-state index contributed by atoms with van der Waals surface area (Å²) in [5.74, 6) is -0.391. The molecule has 1 atom stereocenters. The van der Waals surface area contributed by atoms with E-state index >= 15 is 0 Å². The molecule has 0 saturated heterocycles. The monoisotopic (exact) mass is 290 g/mol. The van der Waals surface area contributed by atoms with Gasteiger partial charge in [0.1, 0.15) is 5.82 Å². The molecule has 1 rings (SSSR count). The summed E-state index contributed by atoms with van der Waals surface area (Å²) in [6.07, 6.45) is 0.285. The normalized spacial score (nSPS) is 13.7. The van der Waals surface area contributed by atoms with Gasteiger partial charge in [0, 0.05) is 19.6 Å². The first-order valence-corrected chi connectivity index (χ1v) is 7.74. The number of halogens is 1. The first-order chi connectivity index (χ1) is 8.78. The van der Waals surface area contributed by atoms with Crippen LogP contribution in [0, 0.1) is 5.82 Å². The van der Waals surface area contributed by atoms with Crippen molar-refractivity contribution in [3.63, 3.8) is 0 Å². The third-order valence-corrected chi connectivity index (χ3v) is 3.30. The molecule has 0 fully saturated rings. The van der Waals surface area contributed by atoms with Crippen LogP contribution in [0.15, 0.2) is 24.3 Å². The van der Waals surface area contributed by atoms with Crippen molar-refractivity contribution in [3.8, 4) is 0 Å². The molecule has 0 radical (unpaired) electrons. The molecule has 7 heteroatoms. The molecular formula is C12H19FN2O3S. The second-order valence-corrected chi connectivity index (χ2v) is 6.33. The summed E-state index contributed by atoms with van der Waals surface area (Å²) in [5, 5.41) is 9.93. The number of hydrogen-bond donors (Lipinski definition) is 2. The van der Waals surface area contributed by atoms with E-state index in [-0.39, 0.29) is 6.54 Å². The van der Waals surface area contributed by atoms with Crippen molar-refractivity contribution in [2.45, 2.75) is 6.10 Å². The molecule has 108 valence electrons. The number of likely N-dealkylation sites (N-methyl/N-ethyl adjacent to an activating group) is 1. The quantitative estimate of drug-likeness (QED) is 0.760. The number of aliphatic hydroxyl groups is 1. The van der Waals surface area contributed by atoms with E-state index in [0.29, 0.717) is 18.7 Å². The van der Waals surface area contributed by atoms with Gasteiger partial charge in [-0.05, 0) is 24.7 Å². The zero-order chi connectivity index (χ0) is 14.5. The lowest BCUT2D eigenvalue weighted by Gasteiger charge is -2.20. The predicted octanol–water partition coefficient (Wildman–Crippen LogP) is 0.340. The summed E-state index contributed by atoms with van der Waals surface area (Å²) in [6, 6.07) is 5.79. The maximum atomic E-state index is 13.0.